The summed E-state index contributed by atoms with van der Waals surface area (Å²) in [4.78, 5) is 14.0. The number of rotatable bonds is 2. The Morgan fingerprint density at radius 3 is 2.76 bits per heavy atom. The van der Waals surface area contributed by atoms with Gasteiger partial charge in [0.15, 0.2) is 0 Å². The quantitative estimate of drug-likeness (QED) is 0.659. The lowest BCUT2D eigenvalue weighted by Crippen LogP contribution is -1.88. The van der Waals surface area contributed by atoms with Gasteiger partial charge in [0.05, 0.1) is 0 Å². The van der Waals surface area contributed by atoms with E-state index in [1.54, 1.807) is 6.07 Å². The van der Waals surface area contributed by atoms with Gasteiger partial charge in [-0.05, 0) is 18.2 Å². The molecule has 2 N–H and O–H groups in total. The molecular formula is C14H11NO2. The molecule has 0 atom stereocenters. The van der Waals surface area contributed by atoms with Crippen molar-refractivity contribution >= 4 is 28.1 Å². The molecule has 3 heteroatoms. The number of carbonyl (C=O) groups excluding carboxylic acids is 1. The van der Waals surface area contributed by atoms with Crippen LogP contribution in [0.4, 0.5) is 0 Å². The Hall–Kier alpha value is -2.29. The first-order chi connectivity index (χ1) is 8.31. The van der Waals surface area contributed by atoms with Crippen molar-refractivity contribution in [3.05, 3.63) is 42.0 Å². The summed E-state index contributed by atoms with van der Waals surface area (Å²) in [6.45, 7) is 0. The van der Waals surface area contributed by atoms with Crippen molar-refractivity contribution in [1.29, 1.82) is 0 Å². The predicted molar refractivity (Wildman–Crippen MR) is 67.2 cm³/mol. The molecule has 0 amide bonds. The number of aromatic amines is 1. The molecule has 0 unspecified atom stereocenters. The minimum absolute atomic E-state index is 0.175. The van der Waals surface area contributed by atoms with Crippen LogP contribution >= 0.6 is 0 Å². The number of aromatic hydroxyl groups is 1. The molecule has 0 saturated heterocycles. The maximum absolute atomic E-state index is 10.7. The molecule has 0 fully saturated rings. The molecule has 0 bridgehead atoms. The summed E-state index contributed by atoms with van der Waals surface area (Å²) in [5, 5.41) is 11.8. The molecule has 0 aliphatic heterocycles. The van der Waals surface area contributed by atoms with Crippen molar-refractivity contribution in [2.24, 2.45) is 0 Å². The van der Waals surface area contributed by atoms with Crippen LogP contribution in [-0.2, 0) is 11.2 Å². The van der Waals surface area contributed by atoms with Crippen LogP contribution in [0.25, 0.3) is 21.8 Å². The Balaban J connectivity index is 2.50. The van der Waals surface area contributed by atoms with E-state index in [-0.39, 0.29) is 12.2 Å². The Kier molecular flexibility index (Phi) is 2.11. The van der Waals surface area contributed by atoms with Crippen molar-refractivity contribution in [3.63, 3.8) is 0 Å². The van der Waals surface area contributed by atoms with Gasteiger partial charge in [-0.2, -0.15) is 0 Å². The average molecular weight is 225 g/mol. The van der Waals surface area contributed by atoms with Crippen LogP contribution in [0.3, 0.4) is 0 Å². The molecule has 0 aliphatic carbocycles. The van der Waals surface area contributed by atoms with E-state index >= 15 is 0 Å². The van der Waals surface area contributed by atoms with Crippen LogP contribution in [0.1, 0.15) is 5.56 Å². The highest BCUT2D eigenvalue weighted by Gasteiger charge is 2.11. The summed E-state index contributed by atoms with van der Waals surface area (Å²) in [7, 11) is 0. The molecule has 0 spiro atoms. The summed E-state index contributed by atoms with van der Waals surface area (Å²) >= 11 is 0. The molecule has 1 heterocycles. The highest BCUT2D eigenvalue weighted by atomic mass is 16.3. The second-order valence-corrected chi connectivity index (χ2v) is 4.03. The third-order valence-corrected chi connectivity index (χ3v) is 3.04. The number of carbonyl (C=O) groups is 1. The van der Waals surface area contributed by atoms with Gasteiger partial charge in [-0.15, -0.1) is 0 Å². The number of para-hydroxylation sites is 1. The first kappa shape index (κ1) is 9.90. The van der Waals surface area contributed by atoms with Gasteiger partial charge in [0.1, 0.15) is 12.0 Å². The molecule has 3 nitrogen and oxygen atoms in total. The van der Waals surface area contributed by atoms with Crippen molar-refractivity contribution in [2.75, 3.05) is 0 Å². The first-order valence-corrected chi connectivity index (χ1v) is 5.46. The van der Waals surface area contributed by atoms with Crippen LogP contribution in [-0.4, -0.2) is 16.4 Å². The lowest BCUT2D eigenvalue weighted by atomic mass is 10.0. The number of aromatic nitrogens is 1. The van der Waals surface area contributed by atoms with E-state index in [1.807, 2.05) is 30.3 Å². The minimum Gasteiger partial charge on any atom is -0.508 e. The van der Waals surface area contributed by atoms with Crippen molar-refractivity contribution in [2.45, 2.75) is 6.42 Å². The number of fused-ring (bicyclic) bond motifs is 3. The zero-order chi connectivity index (χ0) is 11.8. The fourth-order valence-electron chi connectivity index (χ4n) is 2.29. The van der Waals surface area contributed by atoms with E-state index in [0.717, 1.165) is 28.1 Å². The SMILES string of the molecule is O=CCc1c(O)ccc2[nH]c3ccccc3c12. The normalized spacial score (nSPS) is 11.1. The molecule has 2 aromatic carbocycles. The number of phenolic OH excluding ortho intramolecular Hbond substituents is 1. The molecule has 84 valence electrons. The second-order valence-electron chi connectivity index (χ2n) is 4.03. The highest BCUT2D eigenvalue weighted by molar-refractivity contribution is 6.10. The second kappa shape index (κ2) is 3.63. The third kappa shape index (κ3) is 1.40. The molecular weight excluding hydrogens is 214 g/mol. The van der Waals surface area contributed by atoms with Crippen LogP contribution in [0.2, 0.25) is 0 Å². The van der Waals surface area contributed by atoms with E-state index in [9.17, 15) is 9.90 Å². The van der Waals surface area contributed by atoms with Gasteiger partial charge in [0, 0.05) is 33.8 Å². The van der Waals surface area contributed by atoms with Crippen LogP contribution in [0, 0.1) is 0 Å². The van der Waals surface area contributed by atoms with Gasteiger partial charge in [-0.3, -0.25) is 0 Å². The molecule has 1 aromatic heterocycles. The Labute approximate surface area is 97.7 Å². The topological polar surface area (TPSA) is 53.1 Å². The number of aldehydes is 1. The number of hydrogen-bond acceptors (Lipinski definition) is 2. The smallest absolute Gasteiger partial charge is 0.124 e. The lowest BCUT2D eigenvalue weighted by Gasteiger charge is -2.02. The highest BCUT2D eigenvalue weighted by Crippen LogP contribution is 2.33. The lowest BCUT2D eigenvalue weighted by molar-refractivity contribution is -0.107. The Morgan fingerprint density at radius 1 is 1.12 bits per heavy atom. The van der Waals surface area contributed by atoms with E-state index < -0.39 is 0 Å². The van der Waals surface area contributed by atoms with E-state index in [4.69, 9.17) is 0 Å². The fourth-order valence-corrected chi connectivity index (χ4v) is 2.29. The summed E-state index contributed by atoms with van der Waals surface area (Å²) in [6.07, 6.45) is 1.04. The van der Waals surface area contributed by atoms with Gasteiger partial charge in [-0.25, -0.2) is 0 Å². The Morgan fingerprint density at radius 2 is 1.94 bits per heavy atom. The third-order valence-electron chi connectivity index (χ3n) is 3.04. The number of hydrogen-bond donors (Lipinski definition) is 2. The van der Waals surface area contributed by atoms with Crippen molar-refractivity contribution in [1.82, 2.24) is 4.98 Å². The molecule has 0 saturated carbocycles. The molecule has 3 rings (SSSR count). The van der Waals surface area contributed by atoms with Crippen LogP contribution in [0.15, 0.2) is 36.4 Å². The molecule has 0 radical (unpaired) electrons. The number of nitrogens with one attached hydrogen (secondary N) is 1. The van der Waals surface area contributed by atoms with E-state index in [0.29, 0.717) is 5.56 Å². The maximum atomic E-state index is 10.7. The van der Waals surface area contributed by atoms with Crippen molar-refractivity contribution < 1.29 is 9.90 Å². The van der Waals surface area contributed by atoms with Crippen LogP contribution < -0.4 is 0 Å². The van der Waals surface area contributed by atoms with Gasteiger partial charge in [-0.1, -0.05) is 18.2 Å². The van der Waals surface area contributed by atoms with Gasteiger partial charge in [0.25, 0.3) is 0 Å². The maximum Gasteiger partial charge on any atom is 0.124 e. The summed E-state index contributed by atoms with van der Waals surface area (Å²) in [6, 6.07) is 11.3. The Bertz CT molecular complexity index is 713. The summed E-state index contributed by atoms with van der Waals surface area (Å²) in [5.74, 6) is 0.175. The monoisotopic (exact) mass is 225 g/mol. The standard InChI is InChI=1S/C14H11NO2/c16-8-7-10-13(17)6-5-12-14(10)9-3-1-2-4-11(9)15-12/h1-6,8,15,17H,7H2. The first-order valence-electron chi connectivity index (χ1n) is 5.46. The summed E-state index contributed by atoms with van der Waals surface area (Å²) < 4.78 is 0. The number of benzene rings is 2. The molecule has 0 aliphatic rings. The number of H-pyrrole nitrogens is 1. The zero-order valence-corrected chi connectivity index (χ0v) is 9.10. The largest absolute Gasteiger partial charge is 0.508 e. The summed E-state index contributed by atoms with van der Waals surface area (Å²) in [5.41, 5.74) is 2.65. The molecule has 3 aromatic rings. The van der Waals surface area contributed by atoms with Crippen LogP contribution in [0.5, 0.6) is 5.75 Å². The predicted octanol–water partition coefficient (Wildman–Crippen LogP) is 2.77. The average Bonchev–Trinajstić information content (AvgIpc) is 2.72. The van der Waals surface area contributed by atoms with Gasteiger partial charge < -0.3 is 14.9 Å². The zero-order valence-electron chi connectivity index (χ0n) is 9.10. The number of phenols is 1. The van der Waals surface area contributed by atoms with Gasteiger partial charge >= 0.3 is 0 Å². The van der Waals surface area contributed by atoms with E-state index in [1.165, 1.54) is 0 Å². The fraction of sp³-hybridized carbons (Fsp3) is 0.0714. The van der Waals surface area contributed by atoms with Gasteiger partial charge in [0.2, 0.25) is 0 Å². The molecule has 17 heavy (non-hydrogen) atoms. The van der Waals surface area contributed by atoms with Crippen molar-refractivity contribution in [3.8, 4) is 5.75 Å². The van der Waals surface area contributed by atoms with E-state index in [2.05, 4.69) is 4.98 Å². The minimum atomic E-state index is 0.175.